The van der Waals surface area contributed by atoms with Crippen molar-refractivity contribution < 1.29 is 4.79 Å². The average molecular weight is 437 g/mol. The molecule has 2 N–H and O–H groups in total. The molecule has 5 nitrogen and oxygen atoms in total. The molecule has 0 aliphatic carbocycles. The summed E-state index contributed by atoms with van der Waals surface area (Å²) in [5.74, 6) is -0.127. The Morgan fingerprint density at radius 1 is 0.818 bits per heavy atom. The Kier molecular flexibility index (Phi) is 7.00. The first-order valence-electron chi connectivity index (χ1n) is 11.0. The summed E-state index contributed by atoms with van der Waals surface area (Å²) < 4.78 is 0. The number of nitrogens with zero attached hydrogens (tertiary/aromatic N) is 2. The number of hydrogen-bond donors (Lipinski definition) is 2. The van der Waals surface area contributed by atoms with Crippen LogP contribution >= 0.6 is 0 Å². The monoisotopic (exact) mass is 436 g/mol. The van der Waals surface area contributed by atoms with Gasteiger partial charge >= 0.3 is 0 Å². The van der Waals surface area contributed by atoms with E-state index in [1.54, 1.807) is 0 Å². The van der Waals surface area contributed by atoms with Crippen LogP contribution in [0, 0.1) is 0 Å². The highest BCUT2D eigenvalue weighted by atomic mass is 16.1. The van der Waals surface area contributed by atoms with Crippen LogP contribution in [0.1, 0.15) is 16.1 Å². The van der Waals surface area contributed by atoms with Gasteiger partial charge in [0.05, 0.1) is 0 Å². The fraction of sp³-hybridized carbons (Fsp3) is 0.143. The second kappa shape index (κ2) is 10.5. The molecule has 0 aliphatic rings. The van der Waals surface area contributed by atoms with Crippen molar-refractivity contribution in [1.82, 2.24) is 4.98 Å². The van der Waals surface area contributed by atoms with Gasteiger partial charge in [0.2, 0.25) is 0 Å². The van der Waals surface area contributed by atoms with Gasteiger partial charge in [-0.15, -0.1) is 0 Å². The van der Waals surface area contributed by atoms with E-state index in [4.69, 9.17) is 0 Å². The molecule has 0 radical (unpaired) electrons. The van der Waals surface area contributed by atoms with Crippen LogP contribution in [0.15, 0.2) is 97.2 Å². The highest BCUT2D eigenvalue weighted by molar-refractivity contribution is 6.08. The van der Waals surface area contributed by atoms with Crippen LogP contribution in [0.2, 0.25) is 0 Å². The third-order valence-electron chi connectivity index (χ3n) is 5.45. The molecule has 3 aromatic carbocycles. The van der Waals surface area contributed by atoms with E-state index in [-0.39, 0.29) is 5.91 Å². The summed E-state index contributed by atoms with van der Waals surface area (Å²) in [6.07, 6.45) is 2.66. The van der Waals surface area contributed by atoms with Crippen molar-refractivity contribution in [1.29, 1.82) is 0 Å². The lowest BCUT2D eigenvalue weighted by Crippen LogP contribution is -2.13. The van der Waals surface area contributed by atoms with Gasteiger partial charge in [-0.05, 0) is 65.7 Å². The third-order valence-corrected chi connectivity index (χ3v) is 5.45. The first-order valence-corrected chi connectivity index (χ1v) is 11.0. The van der Waals surface area contributed by atoms with Crippen molar-refractivity contribution in [3.05, 3.63) is 108 Å². The Morgan fingerprint density at radius 3 is 2.21 bits per heavy atom. The normalized spacial score (nSPS) is 10.5. The molecule has 1 heterocycles. The SMILES string of the molecule is CN(C)c1ccc(-c2ccccc2C(=O)Nc2ccc(NCCc3ccccn3)cc2)cc1. The van der Waals surface area contributed by atoms with E-state index in [1.165, 1.54) is 0 Å². The number of aromatic nitrogens is 1. The topological polar surface area (TPSA) is 57.3 Å². The van der Waals surface area contributed by atoms with Gasteiger partial charge in [-0.25, -0.2) is 0 Å². The van der Waals surface area contributed by atoms with Crippen molar-refractivity contribution in [2.45, 2.75) is 6.42 Å². The van der Waals surface area contributed by atoms with Crippen molar-refractivity contribution in [2.75, 3.05) is 36.2 Å². The average Bonchev–Trinajstić information content (AvgIpc) is 2.86. The van der Waals surface area contributed by atoms with Gasteiger partial charge < -0.3 is 15.5 Å². The maximum Gasteiger partial charge on any atom is 0.256 e. The van der Waals surface area contributed by atoms with Crippen LogP contribution < -0.4 is 15.5 Å². The highest BCUT2D eigenvalue weighted by Gasteiger charge is 2.13. The van der Waals surface area contributed by atoms with E-state index in [1.807, 2.05) is 99.2 Å². The van der Waals surface area contributed by atoms with Crippen LogP contribution in [0.3, 0.4) is 0 Å². The molecule has 0 unspecified atom stereocenters. The standard InChI is InChI=1S/C28H28N4O/c1-32(2)25-16-10-21(11-17-25)26-8-3-4-9-27(26)28(33)31-24-14-12-23(13-15-24)30-20-18-22-7-5-6-19-29-22/h3-17,19,30H,18,20H2,1-2H3,(H,31,33). The fourth-order valence-electron chi connectivity index (χ4n) is 3.62. The van der Waals surface area contributed by atoms with Crippen LogP contribution in [0.25, 0.3) is 11.1 Å². The molecule has 166 valence electrons. The fourth-order valence-corrected chi connectivity index (χ4v) is 3.62. The number of carbonyl (C=O) groups excluding carboxylic acids is 1. The van der Waals surface area contributed by atoms with Crippen molar-refractivity contribution >= 4 is 23.0 Å². The lowest BCUT2D eigenvalue weighted by atomic mass is 9.99. The van der Waals surface area contributed by atoms with E-state index in [0.29, 0.717) is 5.56 Å². The molecule has 1 amide bonds. The number of carbonyl (C=O) groups is 1. The largest absolute Gasteiger partial charge is 0.385 e. The number of rotatable bonds is 8. The van der Waals surface area contributed by atoms with Crippen molar-refractivity contribution in [2.24, 2.45) is 0 Å². The molecule has 0 fully saturated rings. The van der Waals surface area contributed by atoms with Crippen molar-refractivity contribution in [3.8, 4) is 11.1 Å². The summed E-state index contributed by atoms with van der Waals surface area (Å²) in [6, 6.07) is 29.6. The van der Waals surface area contributed by atoms with E-state index in [0.717, 1.165) is 46.8 Å². The minimum Gasteiger partial charge on any atom is -0.385 e. The molecule has 1 aromatic heterocycles. The van der Waals surface area contributed by atoms with E-state index < -0.39 is 0 Å². The zero-order valence-electron chi connectivity index (χ0n) is 19.0. The van der Waals surface area contributed by atoms with E-state index in [2.05, 4.69) is 32.7 Å². The van der Waals surface area contributed by atoms with Crippen LogP contribution in [-0.4, -0.2) is 31.5 Å². The molecular formula is C28H28N4O. The minimum atomic E-state index is -0.127. The number of anilines is 3. The molecule has 0 aliphatic heterocycles. The summed E-state index contributed by atoms with van der Waals surface area (Å²) in [7, 11) is 4.02. The number of hydrogen-bond acceptors (Lipinski definition) is 4. The Morgan fingerprint density at radius 2 is 1.52 bits per heavy atom. The molecule has 5 heteroatoms. The van der Waals surface area contributed by atoms with Gasteiger partial charge in [0.25, 0.3) is 5.91 Å². The molecule has 0 bridgehead atoms. The summed E-state index contributed by atoms with van der Waals surface area (Å²) in [5, 5.41) is 6.41. The van der Waals surface area contributed by atoms with Gasteiger partial charge in [0.1, 0.15) is 0 Å². The Balaban J connectivity index is 1.40. The molecule has 0 saturated carbocycles. The zero-order valence-corrected chi connectivity index (χ0v) is 19.0. The molecule has 0 saturated heterocycles. The Bertz CT molecular complexity index is 1190. The van der Waals surface area contributed by atoms with E-state index >= 15 is 0 Å². The predicted octanol–water partition coefficient (Wildman–Crippen LogP) is 5.72. The van der Waals surface area contributed by atoms with Crippen LogP contribution in [0.4, 0.5) is 17.1 Å². The summed E-state index contributed by atoms with van der Waals surface area (Å²) in [5.41, 5.74) is 6.51. The first kappa shape index (κ1) is 22.1. The summed E-state index contributed by atoms with van der Waals surface area (Å²) >= 11 is 0. The van der Waals surface area contributed by atoms with Crippen LogP contribution in [0.5, 0.6) is 0 Å². The molecule has 4 rings (SSSR count). The maximum absolute atomic E-state index is 13.1. The number of pyridine rings is 1. The van der Waals surface area contributed by atoms with Gasteiger partial charge in [0, 0.05) is 61.6 Å². The molecule has 33 heavy (non-hydrogen) atoms. The smallest absolute Gasteiger partial charge is 0.256 e. The van der Waals surface area contributed by atoms with E-state index in [9.17, 15) is 4.79 Å². The second-order valence-corrected chi connectivity index (χ2v) is 8.02. The van der Waals surface area contributed by atoms with Gasteiger partial charge in [-0.2, -0.15) is 0 Å². The quantitative estimate of drug-likeness (QED) is 0.371. The zero-order chi connectivity index (χ0) is 23.0. The lowest BCUT2D eigenvalue weighted by molar-refractivity contribution is 0.102. The molecule has 0 atom stereocenters. The Hall–Kier alpha value is -4.12. The van der Waals surface area contributed by atoms with Gasteiger partial charge in [-0.3, -0.25) is 9.78 Å². The highest BCUT2D eigenvalue weighted by Crippen LogP contribution is 2.27. The summed E-state index contributed by atoms with van der Waals surface area (Å²) in [6.45, 7) is 0.794. The second-order valence-electron chi connectivity index (χ2n) is 8.02. The lowest BCUT2D eigenvalue weighted by Gasteiger charge is -2.14. The van der Waals surface area contributed by atoms with Gasteiger partial charge in [-0.1, -0.05) is 36.4 Å². The molecule has 4 aromatic rings. The molecular weight excluding hydrogens is 408 g/mol. The maximum atomic E-state index is 13.1. The minimum absolute atomic E-state index is 0.127. The summed E-state index contributed by atoms with van der Waals surface area (Å²) in [4.78, 5) is 19.4. The number of benzene rings is 3. The first-order chi connectivity index (χ1) is 16.1. The third kappa shape index (κ3) is 5.77. The van der Waals surface area contributed by atoms with Crippen LogP contribution in [-0.2, 0) is 6.42 Å². The predicted molar refractivity (Wildman–Crippen MR) is 137 cm³/mol. The van der Waals surface area contributed by atoms with Crippen molar-refractivity contribution in [3.63, 3.8) is 0 Å². The Labute approximate surface area is 195 Å². The number of amides is 1. The number of nitrogens with one attached hydrogen (secondary N) is 2. The van der Waals surface area contributed by atoms with Gasteiger partial charge in [0.15, 0.2) is 0 Å². The molecule has 0 spiro atoms.